The van der Waals surface area contributed by atoms with Crippen LogP contribution in [0, 0.1) is 13.8 Å². The summed E-state index contributed by atoms with van der Waals surface area (Å²) < 4.78 is 7.19. The van der Waals surface area contributed by atoms with Crippen molar-refractivity contribution in [1.29, 1.82) is 0 Å². The van der Waals surface area contributed by atoms with E-state index < -0.39 is 0 Å². The maximum atomic E-state index is 12.4. The van der Waals surface area contributed by atoms with Crippen LogP contribution in [0.5, 0.6) is 5.75 Å². The summed E-state index contributed by atoms with van der Waals surface area (Å²) in [6.45, 7) is 6.58. The molecule has 0 spiro atoms. The van der Waals surface area contributed by atoms with E-state index in [4.69, 9.17) is 4.74 Å². The van der Waals surface area contributed by atoms with Crippen molar-refractivity contribution >= 4 is 29.0 Å². The lowest BCUT2D eigenvalue weighted by molar-refractivity contribution is -0.113. The molecule has 0 radical (unpaired) electrons. The number of aryl methyl sites for hydroxylation is 2. The molecule has 2 aromatic heterocycles. The Hall–Kier alpha value is -3.39. The van der Waals surface area contributed by atoms with Crippen LogP contribution in [0.3, 0.4) is 0 Å². The molecule has 0 unspecified atom stereocenters. The summed E-state index contributed by atoms with van der Waals surface area (Å²) in [6, 6.07) is 17.3. The Bertz CT molecular complexity index is 1220. The molecule has 0 saturated carbocycles. The Morgan fingerprint density at radius 3 is 2.61 bits per heavy atom. The molecule has 0 aliphatic heterocycles. The molecule has 8 heteroatoms. The summed E-state index contributed by atoms with van der Waals surface area (Å²) in [6.07, 6.45) is 0. The summed E-state index contributed by atoms with van der Waals surface area (Å²) in [7, 11) is 0. The number of amides is 1. The number of carbonyl (C=O) groups is 1. The van der Waals surface area contributed by atoms with E-state index >= 15 is 0 Å². The maximum Gasteiger partial charge on any atom is 0.234 e. The molecule has 0 aliphatic rings. The van der Waals surface area contributed by atoms with E-state index in [1.54, 1.807) is 4.52 Å². The number of benzene rings is 2. The minimum absolute atomic E-state index is 0.0747. The molecule has 0 fully saturated rings. The molecular weight excluding hydrogens is 410 g/mol. The quantitative estimate of drug-likeness (QED) is 0.431. The standard InChI is InChI=1S/C23H23N5O2S/c1-4-30-18-8-6-17(7-9-18)23-26-25-20-11-12-22(27-28(20)23)31-14-21(29)24-19-10-5-15(2)13-16(19)3/h5-13H,4,14H2,1-3H3,(H,24,29). The highest BCUT2D eigenvalue weighted by atomic mass is 32.2. The van der Waals surface area contributed by atoms with E-state index in [1.807, 2.05) is 75.4 Å². The van der Waals surface area contributed by atoms with Crippen molar-refractivity contribution < 1.29 is 9.53 Å². The second kappa shape index (κ2) is 9.18. The Labute approximate surface area is 184 Å². The average Bonchev–Trinajstić information content (AvgIpc) is 3.18. The number of aromatic nitrogens is 4. The molecule has 0 atom stereocenters. The number of carbonyl (C=O) groups excluding carboxylic acids is 1. The molecule has 1 N–H and O–H groups in total. The number of nitrogens with one attached hydrogen (secondary N) is 1. The van der Waals surface area contributed by atoms with Gasteiger partial charge in [-0.1, -0.05) is 29.5 Å². The largest absolute Gasteiger partial charge is 0.494 e. The van der Waals surface area contributed by atoms with Crippen LogP contribution >= 0.6 is 11.8 Å². The number of fused-ring (bicyclic) bond motifs is 1. The number of rotatable bonds is 7. The highest BCUT2D eigenvalue weighted by Gasteiger charge is 2.12. The number of nitrogens with zero attached hydrogens (tertiary/aromatic N) is 4. The number of hydrogen-bond acceptors (Lipinski definition) is 6. The Morgan fingerprint density at radius 1 is 1.06 bits per heavy atom. The van der Waals surface area contributed by atoms with Crippen molar-refractivity contribution in [2.24, 2.45) is 0 Å². The average molecular weight is 434 g/mol. The van der Waals surface area contributed by atoms with Crippen molar-refractivity contribution in [3.63, 3.8) is 0 Å². The first-order valence-electron chi connectivity index (χ1n) is 9.99. The Morgan fingerprint density at radius 2 is 1.87 bits per heavy atom. The van der Waals surface area contributed by atoms with Gasteiger partial charge in [0.25, 0.3) is 0 Å². The van der Waals surface area contributed by atoms with E-state index in [0.717, 1.165) is 27.6 Å². The van der Waals surface area contributed by atoms with Crippen molar-refractivity contribution in [3.05, 3.63) is 65.7 Å². The monoisotopic (exact) mass is 433 g/mol. The van der Waals surface area contributed by atoms with Gasteiger partial charge in [0.05, 0.1) is 12.4 Å². The van der Waals surface area contributed by atoms with E-state index in [9.17, 15) is 4.79 Å². The van der Waals surface area contributed by atoms with Crippen LogP contribution in [0.2, 0.25) is 0 Å². The van der Waals surface area contributed by atoms with Gasteiger partial charge >= 0.3 is 0 Å². The smallest absolute Gasteiger partial charge is 0.234 e. The second-order valence-electron chi connectivity index (χ2n) is 7.08. The molecule has 0 aliphatic carbocycles. The Kier molecular flexibility index (Phi) is 6.18. The fourth-order valence-corrected chi connectivity index (χ4v) is 3.83. The molecule has 0 saturated heterocycles. The van der Waals surface area contributed by atoms with Crippen molar-refractivity contribution in [3.8, 4) is 17.1 Å². The third-order valence-corrected chi connectivity index (χ3v) is 5.59. The maximum absolute atomic E-state index is 12.4. The molecule has 4 aromatic rings. The minimum atomic E-state index is -0.0747. The lowest BCUT2D eigenvalue weighted by atomic mass is 10.1. The van der Waals surface area contributed by atoms with Gasteiger partial charge in [0.1, 0.15) is 10.8 Å². The normalized spacial score (nSPS) is 10.9. The van der Waals surface area contributed by atoms with Crippen LogP contribution in [0.15, 0.2) is 59.6 Å². The van der Waals surface area contributed by atoms with Crippen LogP contribution < -0.4 is 10.1 Å². The first kappa shape index (κ1) is 20.9. The van der Waals surface area contributed by atoms with Gasteiger partial charge in [-0.15, -0.1) is 10.2 Å². The molecule has 7 nitrogen and oxygen atoms in total. The fraction of sp³-hybridized carbons (Fsp3) is 0.217. The first-order chi connectivity index (χ1) is 15.0. The van der Waals surface area contributed by atoms with Crippen molar-refractivity contribution in [2.75, 3.05) is 17.7 Å². The molecule has 0 bridgehead atoms. The molecular formula is C23H23N5O2S. The molecule has 2 heterocycles. The predicted molar refractivity (Wildman–Crippen MR) is 123 cm³/mol. The van der Waals surface area contributed by atoms with E-state index in [2.05, 4.69) is 20.6 Å². The topological polar surface area (TPSA) is 81.4 Å². The number of hydrogen-bond donors (Lipinski definition) is 1. The van der Waals surface area contributed by atoms with Crippen molar-refractivity contribution in [1.82, 2.24) is 19.8 Å². The molecule has 2 aromatic carbocycles. The fourth-order valence-electron chi connectivity index (χ4n) is 3.18. The summed E-state index contributed by atoms with van der Waals surface area (Å²) >= 11 is 1.37. The third-order valence-electron chi connectivity index (χ3n) is 4.67. The highest BCUT2D eigenvalue weighted by Crippen LogP contribution is 2.23. The third kappa shape index (κ3) is 4.86. The van der Waals surface area contributed by atoms with Crippen LogP contribution in [0.4, 0.5) is 5.69 Å². The zero-order valence-electron chi connectivity index (χ0n) is 17.6. The summed E-state index contributed by atoms with van der Waals surface area (Å²) in [5.41, 5.74) is 4.57. The predicted octanol–water partition coefficient (Wildman–Crippen LogP) is 4.54. The highest BCUT2D eigenvalue weighted by molar-refractivity contribution is 7.99. The van der Waals surface area contributed by atoms with E-state index in [1.165, 1.54) is 17.3 Å². The van der Waals surface area contributed by atoms with E-state index in [-0.39, 0.29) is 11.7 Å². The van der Waals surface area contributed by atoms with Gasteiger partial charge in [-0.3, -0.25) is 4.79 Å². The Balaban J connectivity index is 1.47. The van der Waals surface area contributed by atoms with Gasteiger partial charge in [-0.25, -0.2) is 0 Å². The molecule has 1 amide bonds. The zero-order valence-corrected chi connectivity index (χ0v) is 18.4. The van der Waals surface area contributed by atoms with Gasteiger partial charge in [0.15, 0.2) is 11.5 Å². The van der Waals surface area contributed by atoms with Crippen LogP contribution in [-0.2, 0) is 4.79 Å². The number of ether oxygens (including phenoxy) is 1. The minimum Gasteiger partial charge on any atom is -0.494 e. The molecule has 4 rings (SSSR count). The second-order valence-corrected chi connectivity index (χ2v) is 8.07. The summed E-state index contributed by atoms with van der Waals surface area (Å²) in [5.74, 6) is 1.63. The van der Waals surface area contributed by atoms with Gasteiger partial charge in [-0.2, -0.15) is 9.61 Å². The molecule has 158 valence electrons. The zero-order chi connectivity index (χ0) is 21.8. The lowest BCUT2D eigenvalue weighted by Crippen LogP contribution is -2.15. The van der Waals surface area contributed by atoms with Crippen LogP contribution in [-0.4, -0.2) is 38.1 Å². The molecule has 31 heavy (non-hydrogen) atoms. The number of thioether (sulfide) groups is 1. The van der Waals surface area contributed by atoms with Crippen molar-refractivity contribution in [2.45, 2.75) is 25.8 Å². The van der Waals surface area contributed by atoms with E-state index in [0.29, 0.717) is 18.1 Å². The summed E-state index contributed by atoms with van der Waals surface area (Å²) in [4.78, 5) is 12.4. The van der Waals surface area contributed by atoms with Gasteiger partial charge in [0.2, 0.25) is 5.91 Å². The first-order valence-corrected chi connectivity index (χ1v) is 11.0. The SMILES string of the molecule is CCOc1ccc(-c2nnc3ccc(SCC(=O)Nc4ccc(C)cc4C)nn23)cc1. The number of anilines is 1. The summed E-state index contributed by atoms with van der Waals surface area (Å²) in [5, 5.41) is 16.8. The van der Waals surface area contributed by atoms with Gasteiger partial charge in [0, 0.05) is 11.3 Å². The van der Waals surface area contributed by atoms with Gasteiger partial charge in [-0.05, 0) is 68.8 Å². The lowest BCUT2D eigenvalue weighted by Gasteiger charge is -2.09. The van der Waals surface area contributed by atoms with Gasteiger partial charge < -0.3 is 10.1 Å². The van der Waals surface area contributed by atoms with Crippen LogP contribution in [0.1, 0.15) is 18.1 Å². The van der Waals surface area contributed by atoms with Crippen LogP contribution in [0.25, 0.3) is 17.0 Å².